The minimum Gasteiger partial charge on any atom is -0.309 e. The highest BCUT2D eigenvalue weighted by Gasteiger charge is 2.38. The lowest BCUT2D eigenvalue weighted by atomic mass is 9.96. The zero-order valence-corrected chi connectivity index (χ0v) is 56.2. The summed E-state index contributed by atoms with van der Waals surface area (Å²) in [6.45, 7) is 30.8. The molecule has 102 heavy (non-hydrogen) atoms. The molecule has 0 radical (unpaired) electrons. The molecule has 0 N–H and O–H groups in total. The SMILES string of the molecule is [C-]#[N+]c1cc(-c2cc(-n3c4cc(C)ccc4c4ccc(C)cc43)c(C#N)cc2-n2c3cc(C)ccc3c3ccc(C)cc32)cc(C(F)(F)F)c1.[C-]#[N+]c1cc(-c2cc(-n3c4cc(C)ccc4c4ccc(C)cc43)c(C(F)(F)F)cc2-n2c3cc(C)ccc3c3ccc(C)cc32)cc(C(F)(F)F)c1. The second-order valence-electron chi connectivity index (χ2n) is 26.6. The smallest absolute Gasteiger partial charge is 0.309 e. The molecule has 16 rings (SSSR count). The quantitative estimate of drug-likeness (QED) is 0.121. The van der Waals surface area contributed by atoms with Gasteiger partial charge in [-0.3, -0.25) is 0 Å². The van der Waals surface area contributed by atoms with Crippen molar-refractivity contribution in [3.05, 3.63) is 296 Å². The van der Waals surface area contributed by atoms with Gasteiger partial charge in [-0.2, -0.15) is 44.8 Å². The average molecular weight is 1360 g/mol. The number of nitrogens with zero attached hydrogens (tertiary/aromatic N) is 7. The van der Waals surface area contributed by atoms with Gasteiger partial charge in [0.15, 0.2) is 11.4 Å². The van der Waals surface area contributed by atoms with Crippen LogP contribution in [-0.2, 0) is 18.5 Å². The first-order valence-electron chi connectivity index (χ1n) is 32.7. The van der Waals surface area contributed by atoms with Crippen LogP contribution in [0.2, 0.25) is 0 Å². The summed E-state index contributed by atoms with van der Waals surface area (Å²) in [4.78, 5) is 6.77. The van der Waals surface area contributed by atoms with E-state index in [2.05, 4.69) is 64.3 Å². The van der Waals surface area contributed by atoms with Gasteiger partial charge in [0.25, 0.3) is 0 Å². The number of benzene rings is 12. The minimum absolute atomic E-state index is 0.0331. The molecule has 4 aromatic heterocycles. The molecule has 0 atom stereocenters. The van der Waals surface area contributed by atoms with Crippen molar-refractivity contribution < 1.29 is 39.5 Å². The fourth-order valence-electron chi connectivity index (χ4n) is 14.7. The lowest BCUT2D eigenvalue weighted by molar-refractivity contribution is -0.138. The first kappa shape index (κ1) is 65.6. The summed E-state index contributed by atoms with van der Waals surface area (Å²) < 4.78 is 140. The van der Waals surface area contributed by atoms with E-state index in [0.717, 1.165) is 140 Å². The normalized spacial score (nSPS) is 12.1. The second kappa shape index (κ2) is 24.0. The van der Waals surface area contributed by atoms with E-state index in [-0.39, 0.29) is 39.4 Å². The van der Waals surface area contributed by atoms with Crippen LogP contribution >= 0.6 is 0 Å². The van der Waals surface area contributed by atoms with E-state index >= 15 is 13.2 Å². The number of fused-ring (bicyclic) bond motifs is 12. The van der Waals surface area contributed by atoms with Crippen LogP contribution in [0.15, 0.2) is 206 Å². The van der Waals surface area contributed by atoms with Crippen molar-refractivity contribution >= 4 is 98.6 Å². The van der Waals surface area contributed by atoms with Crippen molar-refractivity contribution in [2.75, 3.05) is 0 Å². The summed E-state index contributed by atoms with van der Waals surface area (Å²) in [5, 5.41) is 17.9. The topological polar surface area (TPSA) is 52.2 Å². The van der Waals surface area contributed by atoms with E-state index < -0.39 is 35.2 Å². The third-order valence-corrected chi connectivity index (χ3v) is 19.3. The molecule has 0 fully saturated rings. The van der Waals surface area contributed by atoms with Gasteiger partial charge in [-0.1, -0.05) is 97.1 Å². The summed E-state index contributed by atoms with van der Waals surface area (Å²) in [6, 6.07) is 62.1. The number of alkyl halides is 9. The molecule has 0 saturated heterocycles. The number of nitriles is 1. The van der Waals surface area contributed by atoms with Crippen molar-refractivity contribution in [1.29, 1.82) is 5.26 Å². The van der Waals surface area contributed by atoms with E-state index in [0.29, 0.717) is 44.6 Å². The molecule has 500 valence electrons. The summed E-state index contributed by atoms with van der Waals surface area (Å²) in [6.07, 6.45) is -14.4. The highest BCUT2D eigenvalue weighted by Crippen LogP contribution is 2.49. The predicted octanol–water partition coefficient (Wildman–Crippen LogP) is 25.6. The van der Waals surface area contributed by atoms with Crippen molar-refractivity contribution in [1.82, 2.24) is 18.3 Å². The van der Waals surface area contributed by atoms with Crippen LogP contribution in [0, 0.1) is 79.9 Å². The van der Waals surface area contributed by atoms with Gasteiger partial charge in [0.05, 0.1) is 91.2 Å². The molecular formula is C86H58F9N7. The van der Waals surface area contributed by atoms with Gasteiger partial charge in [0, 0.05) is 65.3 Å². The first-order chi connectivity index (χ1) is 48.6. The standard InChI is InChI=1S/C43H29F6N3.C43H29F3N4/c1-23-6-10-30-31-11-7-24(2)15-37(31)51(36(30)14-23)40-22-35(43(47,48)49)41(21-34(40)27-18-28(42(44,45)46)20-29(19-27)50-5)52-38-16-25(3)8-12-32(38)33-13-9-26(4)17-39(33)52;1-24-6-10-32-33-11-7-25(2)15-39(33)49(38(32)14-24)37-22-36(28-18-30(43(44,45)46)21-31(19-28)48-5)42(20-29(37)23-47)50-40-16-26(3)8-12-34(40)35-13-9-27(4)17-41(35)50/h6-22H,1-4H3;6-22H,1-4H3. The van der Waals surface area contributed by atoms with Gasteiger partial charge in [-0.05, 0) is 220 Å². The molecule has 0 unspecified atom stereocenters. The van der Waals surface area contributed by atoms with Gasteiger partial charge in [-0.25, -0.2) is 9.69 Å². The number of rotatable bonds is 6. The maximum absolute atomic E-state index is 15.6. The monoisotopic (exact) mass is 1360 g/mol. The van der Waals surface area contributed by atoms with E-state index in [1.807, 2.05) is 168 Å². The Hall–Kier alpha value is -12.3. The van der Waals surface area contributed by atoms with Crippen LogP contribution in [0.1, 0.15) is 66.8 Å². The van der Waals surface area contributed by atoms with E-state index in [1.54, 1.807) is 15.2 Å². The summed E-state index contributed by atoms with van der Waals surface area (Å²) in [5.74, 6) is 0. The number of halogens is 9. The molecule has 0 aliphatic rings. The van der Waals surface area contributed by atoms with Crippen molar-refractivity contribution in [2.45, 2.75) is 73.9 Å². The molecule has 4 heterocycles. The number of aryl methyl sites for hydroxylation is 8. The van der Waals surface area contributed by atoms with Crippen LogP contribution < -0.4 is 0 Å². The lowest BCUT2D eigenvalue weighted by Gasteiger charge is -2.23. The zero-order chi connectivity index (χ0) is 71.9. The Kier molecular flexibility index (Phi) is 15.4. The maximum Gasteiger partial charge on any atom is 0.418 e. The molecule has 7 nitrogen and oxygen atoms in total. The molecular weight excluding hydrogens is 1300 g/mol. The number of hydrogen-bond donors (Lipinski definition) is 0. The second-order valence-corrected chi connectivity index (χ2v) is 26.6. The van der Waals surface area contributed by atoms with Crippen molar-refractivity contribution in [3.8, 4) is 51.1 Å². The maximum atomic E-state index is 15.6. The average Bonchev–Trinajstić information content (AvgIpc) is 1.52. The van der Waals surface area contributed by atoms with Gasteiger partial charge in [0.2, 0.25) is 0 Å². The highest BCUT2D eigenvalue weighted by molar-refractivity contribution is 6.14. The Morgan fingerprint density at radius 2 is 0.549 bits per heavy atom. The molecule has 0 aliphatic heterocycles. The predicted molar refractivity (Wildman–Crippen MR) is 391 cm³/mol. The first-order valence-corrected chi connectivity index (χ1v) is 32.7. The molecule has 0 bridgehead atoms. The van der Waals surface area contributed by atoms with Gasteiger partial charge in [-0.15, -0.1) is 0 Å². The largest absolute Gasteiger partial charge is 0.418 e. The zero-order valence-electron chi connectivity index (χ0n) is 56.2. The van der Waals surface area contributed by atoms with Crippen LogP contribution in [0.5, 0.6) is 0 Å². The van der Waals surface area contributed by atoms with Crippen LogP contribution in [0.25, 0.3) is 142 Å². The molecule has 12 aromatic carbocycles. The molecule has 16 heteroatoms. The van der Waals surface area contributed by atoms with Crippen LogP contribution in [0.4, 0.5) is 50.9 Å². The van der Waals surface area contributed by atoms with E-state index in [4.69, 9.17) is 13.1 Å². The third-order valence-electron chi connectivity index (χ3n) is 19.3. The highest BCUT2D eigenvalue weighted by atomic mass is 19.4. The fraction of sp³-hybridized carbons (Fsp3) is 0.128. The van der Waals surface area contributed by atoms with Crippen LogP contribution in [0.3, 0.4) is 0 Å². The Balaban J connectivity index is 0.000000165. The van der Waals surface area contributed by atoms with Gasteiger partial charge >= 0.3 is 18.5 Å². The lowest BCUT2D eigenvalue weighted by Crippen LogP contribution is -2.13. The summed E-state index contributed by atoms with van der Waals surface area (Å²) in [5.41, 5.74) is 11.9. The number of hydrogen-bond acceptors (Lipinski definition) is 1. The summed E-state index contributed by atoms with van der Waals surface area (Å²) in [7, 11) is 0. The Bertz CT molecular complexity index is 6180. The Morgan fingerprint density at radius 1 is 0.294 bits per heavy atom. The van der Waals surface area contributed by atoms with Gasteiger partial charge in [0.1, 0.15) is 6.07 Å². The van der Waals surface area contributed by atoms with Crippen molar-refractivity contribution in [2.24, 2.45) is 0 Å². The summed E-state index contributed by atoms with van der Waals surface area (Å²) >= 11 is 0. The van der Waals surface area contributed by atoms with Crippen molar-refractivity contribution in [3.63, 3.8) is 0 Å². The molecule has 0 spiro atoms. The Morgan fingerprint density at radius 3 is 0.804 bits per heavy atom. The Labute approximate surface area is 579 Å². The third kappa shape index (κ3) is 11.1. The molecule has 0 amide bonds. The molecule has 0 aliphatic carbocycles. The van der Waals surface area contributed by atoms with E-state index in [1.165, 1.54) is 18.2 Å². The number of aromatic nitrogens is 4. The molecule has 0 saturated carbocycles. The van der Waals surface area contributed by atoms with Gasteiger partial charge < -0.3 is 18.3 Å². The fourth-order valence-corrected chi connectivity index (χ4v) is 14.7. The van der Waals surface area contributed by atoms with E-state index in [9.17, 15) is 31.6 Å². The molecule has 16 aromatic rings. The van der Waals surface area contributed by atoms with Crippen LogP contribution in [-0.4, -0.2) is 18.3 Å². The minimum atomic E-state index is -4.88.